The summed E-state index contributed by atoms with van der Waals surface area (Å²) in [5.41, 5.74) is 0. The fourth-order valence-corrected chi connectivity index (χ4v) is 6.29. The largest absolute Gasteiger partial charge is 0.424 e. The Morgan fingerprint density at radius 3 is 2.65 bits per heavy atom. The number of rotatable bonds is 4. The second-order valence-corrected chi connectivity index (χ2v) is 9.63. The summed E-state index contributed by atoms with van der Waals surface area (Å²) in [6.07, 6.45) is 5.45. The number of fused-ring (bicyclic) bond motifs is 4. The second-order valence-electron chi connectivity index (χ2n) is 9.63. The van der Waals surface area contributed by atoms with E-state index in [0.29, 0.717) is 43.8 Å². The molecule has 0 N–H and O–H groups in total. The zero-order valence-electron chi connectivity index (χ0n) is 18.5. The van der Waals surface area contributed by atoms with Crippen LogP contribution in [0.1, 0.15) is 50.3 Å². The van der Waals surface area contributed by atoms with Crippen molar-refractivity contribution in [3.05, 3.63) is 11.8 Å². The summed E-state index contributed by atoms with van der Waals surface area (Å²) in [6.45, 7) is 5.51. The summed E-state index contributed by atoms with van der Waals surface area (Å²) in [7, 11) is 1.74. The summed E-state index contributed by atoms with van der Waals surface area (Å²) in [4.78, 5) is 33.1. The molecule has 4 aliphatic heterocycles. The van der Waals surface area contributed by atoms with Gasteiger partial charge in [-0.1, -0.05) is 0 Å². The summed E-state index contributed by atoms with van der Waals surface area (Å²) in [5, 5.41) is 8.11. The molecule has 0 spiro atoms. The summed E-state index contributed by atoms with van der Waals surface area (Å²) < 4.78 is 11.1. The summed E-state index contributed by atoms with van der Waals surface area (Å²) in [6, 6.07) is -0.185. The number of aromatic nitrogens is 2. The molecule has 5 rings (SSSR count). The molecular formula is C22H33N5O4. The highest BCUT2D eigenvalue weighted by molar-refractivity contribution is 5.89. The Kier molecular flexibility index (Phi) is 5.73. The number of hydrogen-bond donors (Lipinski definition) is 0. The number of carbonyl (C=O) groups is 2. The lowest BCUT2D eigenvalue weighted by molar-refractivity contribution is -0.166. The summed E-state index contributed by atoms with van der Waals surface area (Å²) in [5.74, 6) is 2.04. The Balaban J connectivity index is 1.37. The number of carbonyl (C=O) groups excluding carboxylic acids is 2. The number of methoxy groups -OCH3 is 1. The van der Waals surface area contributed by atoms with Crippen LogP contribution in [0.2, 0.25) is 0 Å². The molecule has 5 heterocycles. The highest BCUT2D eigenvalue weighted by Gasteiger charge is 2.52. The van der Waals surface area contributed by atoms with Crippen LogP contribution in [0.25, 0.3) is 0 Å². The molecule has 0 radical (unpaired) electrons. The molecule has 0 aliphatic carbocycles. The number of aryl methyl sites for hydroxylation is 1. The van der Waals surface area contributed by atoms with Gasteiger partial charge in [0.2, 0.25) is 23.6 Å². The van der Waals surface area contributed by atoms with Gasteiger partial charge in [0.15, 0.2) is 0 Å². The van der Waals surface area contributed by atoms with Gasteiger partial charge in [-0.25, -0.2) is 0 Å². The number of amides is 2. The molecule has 31 heavy (non-hydrogen) atoms. The van der Waals surface area contributed by atoms with Crippen molar-refractivity contribution in [1.29, 1.82) is 0 Å². The Labute approximate surface area is 183 Å². The molecule has 4 aliphatic rings. The molecule has 2 amide bonds. The van der Waals surface area contributed by atoms with Crippen molar-refractivity contribution >= 4 is 11.8 Å². The van der Waals surface area contributed by atoms with Crippen molar-refractivity contribution in [2.45, 2.75) is 70.2 Å². The van der Waals surface area contributed by atoms with Gasteiger partial charge in [0, 0.05) is 58.6 Å². The lowest BCUT2D eigenvalue weighted by atomic mass is 9.71. The topological polar surface area (TPSA) is 92.0 Å². The minimum absolute atomic E-state index is 0.133. The number of piperidine rings is 4. The van der Waals surface area contributed by atoms with Gasteiger partial charge in [-0.05, 0) is 38.0 Å². The van der Waals surface area contributed by atoms with E-state index in [1.807, 2.05) is 9.80 Å². The maximum atomic E-state index is 13.7. The minimum Gasteiger partial charge on any atom is -0.424 e. The third-order valence-corrected chi connectivity index (χ3v) is 7.68. The third kappa shape index (κ3) is 3.98. The van der Waals surface area contributed by atoms with E-state index in [1.165, 1.54) is 0 Å². The van der Waals surface area contributed by atoms with Crippen molar-refractivity contribution in [1.82, 2.24) is 24.9 Å². The lowest BCUT2D eigenvalue weighted by Gasteiger charge is -2.56. The van der Waals surface area contributed by atoms with Crippen LogP contribution in [0.15, 0.2) is 4.42 Å². The molecule has 4 atom stereocenters. The maximum absolute atomic E-state index is 13.7. The van der Waals surface area contributed by atoms with Gasteiger partial charge in [-0.15, -0.1) is 10.2 Å². The van der Waals surface area contributed by atoms with Gasteiger partial charge < -0.3 is 19.0 Å². The molecule has 2 bridgehead atoms. The van der Waals surface area contributed by atoms with Crippen LogP contribution in [0.3, 0.4) is 0 Å². The number of nitrogens with zero attached hydrogens (tertiary/aromatic N) is 5. The number of hydrogen-bond acceptors (Lipinski definition) is 7. The fourth-order valence-electron chi connectivity index (χ4n) is 6.29. The zero-order chi connectivity index (χ0) is 21.5. The van der Waals surface area contributed by atoms with E-state index < -0.39 is 0 Å². The van der Waals surface area contributed by atoms with Gasteiger partial charge in [-0.3, -0.25) is 14.5 Å². The van der Waals surface area contributed by atoms with Gasteiger partial charge in [0.05, 0.1) is 12.6 Å². The van der Waals surface area contributed by atoms with Gasteiger partial charge in [-0.2, -0.15) is 0 Å². The van der Waals surface area contributed by atoms with E-state index in [-0.39, 0.29) is 35.9 Å². The molecule has 9 nitrogen and oxygen atoms in total. The van der Waals surface area contributed by atoms with Crippen molar-refractivity contribution in [2.24, 2.45) is 11.8 Å². The van der Waals surface area contributed by atoms with Crippen LogP contribution in [0.4, 0.5) is 0 Å². The molecule has 1 aromatic heterocycles. The van der Waals surface area contributed by atoms with E-state index in [9.17, 15) is 9.59 Å². The van der Waals surface area contributed by atoms with Crippen molar-refractivity contribution < 1.29 is 18.7 Å². The SMILES string of the molecule is COC1CCN(C(=O)[C@H]2[C@H]3C[C@H](CN(Cc4nnc(C)o4)C3)[C@@H]3CCCC(=O)N32)CC1. The predicted octanol–water partition coefficient (Wildman–Crippen LogP) is 1.22. The molecule has 9 heteroatoms. The monoisotopic (exact) mass is 431 g/mol. The molecule has 0 unspecified atom stereocenters. The van der Waals surface area contributed by atoms with Crippen LogP contribution in [0, 0.1) is 18.8 Å². The Hall–Kier alpha value is -2.00. The Morgan fingerprint density at radius 1 is 1.16 bits per heavy atom. The first-order valence-electron chi connectivity index (χ1n) is 11.7. The second kappa shape index (κ2) is 8.50. The minimum atomic E-state index is -0.347. The normalized spacial score (nSPS) is 32.3. The van der Waals surface area contributed by atoms with E-state index in [1.54, 1.807) is 14.0 Å². The Morgan fingerprint density at radius 2 is 1.94 bits per heavy atom. The molecule has 1 aromatic rings. The van der Waals surface area contributed by atoms with Gasteiger partial charge in [0.1, 0.15) is 6.04 Å². The van der Waals surface area contributed by atoms with Crippen LogP contribution in [0.5, 0.6) is 0 Å². The first-order valence-corrected chi connectivity index (χ1v) is 11.7. The molecule has 4 fully saturated rings. The molecule has 0 saturated carbocycles. The fraction of sp³-hybridized carbons (Fsp3) is 0.818. The standard InChI is InChI=1S/C22H33N5O4/c1-14-23-24-19(31-14)13-25-11-15-10-16(12-25)21(27-18(15)4-3-5-20(27)28)22(29)26-8-6-17(30-2)7-9-26/h15-18,21H,3-13H2,1-2H3/t15-,16+,18+,21-/m1/s1. The van der Waals surface area contributed by atoms with Crippen LogP contribution in [-0.4, -0.2) is 88.2 Å². The third-order valence-electron chi connectivity index (χ3n) is 7.68. The molecule has 4 saturated heterocycles. The van der Waals surface area contributed by atoms with E-state index in [2.05, 4.69) is 15.1 Å². The number of ether oxygens (including phenoxy) is 1. The molecular weight excluding hydrogens is 398 g/mol. The first-order chi connectivity index (χ1) is 15.0. The van der Waals surface area contributed by atoms with Gasteiger partial charge >= 0.3 is 0 Å². The van der Waals surface area contributed by atoms with Crippen LogP contribution in [-0.2, 0) is 20.9 Å². The molecule has 170 valence electrons. The average Bonchev–Trinajstić information content (AvgIpc) is 3.18. The van der Waals surface area contributed by atoms with Crippen LogP contribution < -0.4 is 0 Å². The highest BCUT2D eigenvalue weighted by atomic mass is 16.5. The van der Waals surface area contributed by atoms with E-state index in [0.717, 1.165) is 45.2 Å². The van der Waals surface area contributed by atoms with Crippen LogP contribution >= 0.6 is 0 Å². The first kappa shape index (κ1) is 20.9. The molecule has 0 aromatic carbocycles. The van der Waals surface area contributed by atoms with Crippen molar-refractivity contribution in [3.8, 4) is 0 Å². The predicted molar refractivity (Wildman–Crippen MR) is 111 cm³/mol. The summed E-state index contributed by atoms with van der Waals surface area (Å²) >= 11 is 0. The lowest BCUT2D eigenvalue weighted by Crippen LogP contribution is -2.68. The Bertz CT molecular complexity index is 821. The highest BCUT2D eigenvalue weighted by Crippen LogP contribution is 2.42. The number of likely N-dealkylation sites (tertiary alicyclic amines) is 2. The van der Waals surface area contributed by atoms with E-state index in [4.69, 9.17) is 9.15 Å². The van der Waals surface area contributed by atoms with Crippen molar-refractivity contribution in [2.75, 3.05) is 33.3 Å². The van der Waals surface area contributed by atoms with Crippen molar-refractivity contribution in [3.63, 3.8) is 0 Å². The zero-order valence-corrected chi connectivity index (χ0v) is 18.5. The maximum Gasteiger partial charge on any atom is 0.245 e. The van der Waals surface area contributed by atoms with Gasteiger partial charge in [0.25, 0.3) is 0 Å². The smallest absolute Gasteiger partial charge is 0.245 e. The quantitative estimate of drug-likeness (QED) is 0.708. The average molecular weight is 432 g/mol. The van der Waals surface area contributed by atoms with E-state index >= 15 is 0 Å².